The van der Waals surface area contributed by atoms with Crippen LogP contribution in [0.15, 0.2) is 65.3 Å². The van der Waals surface area contributed by atoms with Crippen LogP contribution in [0.1, 0.15) is 28.0 Å². The van der Waals surface area contributed by atoms with Crippen molar-refractivity contribution in [1.82, 2.24) is 14.9 Å². The number of ketones is 1. The van der Waals surface area contributed by atoms with Gasteiger partial charge in [-0.2, -0.15) is 0 Å². The predicted molar refractivity (Wildman–Crippen MR) is 127 cm³/mol. The first-order valence-corrected chi connectivity index (χ1v) is 11.3. The molecule has 0 atom stereocenters. The molecule has 1 aromatic carbocycles. The number of nitrogen functional groups attached to an aromatic ring is 1. The molecular weight excluding hydrogens is 454 g/mol. The Kier molecular flexibility index (Phi) is 6.94. The van der Waals surface area contributed by atoms with Gasteiger partial charge in [0.15, 0.2) is 0 Å². The summed E-state index contributed by atoms with van der Waals surface area (Å²) in [6.45, 7) is 4.92. The van der Waals surface area contributed by atoms with Gasteiger partial charge in [-0.3, -0.25) is 4.79 Å². The second-order valence-corrected chi connectivity index (χ2v) is 8.63. The summed E-state index contributed by atoms with van der Waals surface area (Å²) in [4.78, 5) is 26.5. The molecule has 0 saturated carbocycles. The maximum atomic E-state index is 13.0. The molecule has 2 aromatic heterocycles. The molecule has 1 saturated heterocycles. The standard InChI is InChI=1S/C24H26BrN5O/c25-19-16-20(24(26)27-17-19)23(31)21-8-4-9-22(28-21)30-12-5-11-29(14-15-30)13-10-18-6-2-1-3-7-18/h1-4,6-9,16-17H,5,10-15H2,(H2,26,27). The lowest BCUT2D eigenvalue weighted by atomic mass is 10.1. The third-order valence-corrected chi connectivity index (χ3v) is 6.00. The smallest absolute Gasteiger partial charge is 0.215 e. The maximum absolute atomic E-state index is 13.0. The van der Waals surface area contributed by atoms with Gasteiger partial charge in [0, 0.05) is 36.8 Å². The van der Waals surface area contributed by atoms with Crippen LogP contribution in [0.4, 0.5) is 11.6 Å². The van der Waals surface area contributed by atoms with E-state index in [-0.39, 0.29) is 11.6 Å². The number of nitrogens with two attached hydrogens (primary N) is 1. The molecule has 3 heterocycles. The summed E-state index contributed by atoms with van der Waals surface area (Å²) in [5, 5.41) is 0. The summed E-state index contributed by atoms with van der Waals surface area (Å²) in [5.74, 6) is 0.828. The largest absolute Gasteiger partial charge is 0.383 e. The third kappa shape index (κ3) is 5.48. The van der Waals surface area contributed by atoms with E-state index < -0.39 is 0 Å². The van der Waals surface area contributed by atoms with Crippen molar-refractivity contribution < 1.29 is 4.79 Å². The van der Waals surface area contributed by atoms with Gasteiger partial charge in [0.1, 0.15) is 17.3 Å². The summed E-state index contributed by atoms with van der Waals surface area (Å²) in [7, 11) is 0. The second kappa shape index (κ2) is 10.0. The van der Waals surface area contributed by atoms with Crippen molar-refractivity contribution in [2.24, 2.45) is 0 Å². The molecule has 4 rings (SSSR count). The van der Waals surface area contributed by atoms with Crippen molar-refractivity contribution >= 4 is 33.3 Å². The maximum Gasteiger partial charge on any atom is 0.215 e. The molecule has 0 unspecified atom stereocenters. The summed E-state index contributed by atoms with van der Waals surface area (Å²) in [6.07, 6.45) is 3.71. The minimum atomic E-state index is -0.215. The lowest BCUT2D eigenvalue weighted by Crippen LogP contribution is -2.32. The Morgan fingerprint density at radius 1 is 1.03 bits per heavy atom. The van der Waals surface area contributed by atoms with Gasteiger partial charge in [-0.15, -0.1) is 0 Å². The highest BCUT2D eigenvalue weighted by Crippen LogP contribution is 2.21. The highest BCUT2D eigenvalue weighted by Gasteiger charge is 2.19. The average molecular weight is 480 g/mol. The molecule has 3 aromatic rings. The van der Waals surface area contributed by atoms with Crippen molar-refractivity contribution in [3.8, 4) is 0 Å². The van der Waals surface area contributed by atoms with Crippen LogP contribution >= 0.6 is 15.9 Å². The Morgan fingerprint density at radius 2 is 1.87 bits per heavy atom. The number of carbonyl (C=O) groups excluding carboxylic acids is 1. The first-order chi connectivity index (χ1) is 15.1. The summed E-state index contributed by atoms with van der Waals surface area (Å²) < 4.78 is 0.712. The van der Waals surface area contributed by atoms with Crippen LogP contribution in [0, 0.1) is 0 Å². The molecule has 160 valence electrons. The lowest BCUT2D eigenvalue weighted by Gasteiger charge is -2.23. The summed E-state index contributed by atoms with van der Waals surface area (Å²) >= 11 is 3.35. The van der Waals surface area contributed by atoms with Crippen molar-refractivity contribution in [3.63, 3.8) is 0 Å². The molecule has 1 fully saturated rings. The minimum absolute atomic E-state index is 0.212. The van der Waals surface area contributed by atoms with Gasteiger partial charge in [0.05, 0.1) is 5.56 Å². The minimum Gasteiger partial charge on any atom is -0.383 e. The fourth-order valence-corrected chi connectivity index (χ4v) is 4.18. The van der Waals surface area contributed by atoms with E-state index in [0.29, 0.717) is 15.7 Å². The Labute approximate surface area is 191 Å². The monoisotopic (exact) mass is 479 g/mol. The van der Waals surface area contributed by atoms with Crippen molar-refractivity contribution in [3.05, 3.63) is 82.1 Å². The molecule has 6 nitrogen and oxygen atoms in total. The molecule has 0 amide bonds. The Balaban J connectivity index is 1.42. The van der Waals surface area contributed by atoms with Gasteiger partial charge in [-0.1, -0.05) is 36.4 Å². The highest BCUT2D eigenvalue weighted by molar-refractivity contribution is 9.10. The number of rotatable bonds is 6. The van der Waals surface area contributed by atoms with Gasteiger partial charge < -0.3 is 15.5 Å². The number of benzene rings is 1. The average Bonchev–Trinajstić information content (AvgIpc) is 3.05. The van der Waals surface area contributed by atoms with Crippen LogP contribution in [0.2, 0.25) is 0 Å². The zero-order chi connectivity index (χ0) is 21.6. The van der Waals surface area contributed by atoms with E-state index in [9.17, 15) is 4.79 Å². The molecule has 31 heavy (non-hydrogen) atoms. The third-order valence-electron chi connectivity index (χ3n) is 5.57. The van der Waals surface area contributed by atoms with Crippen LogP contribution < -0.4 is 10.6 Å². The van der Waals surface area contributed by atoms with Crippen LogP contribution in [0.5, 0.6) is 0 Å². The molecule has 1 aliphatic heterocycles. The fourth-order valence-electron chi connectivity index (χ4n) is 3.85. The van der Waals surface area contributed by atoms with E-state index in [0.717, 1.165) is 51.4 Å². The van der Waals surface area contributed by atoms with E-state index in [4.69, 9.17) is 5.73 Å². The van der Waals surface area contributed by atoms with Crippen molar-refractivity contribution in [2.45, 2.75) is 12.8 Å². The van der Waals surface area contributed by atoms with Crippen LogP contribution in [0.3, 0.4) is 0 Å². The SMILES string of the molecule is Nc1ncc(Br)cc1C(=O)c1cccc(N2CCCN(CCc3ccccc3)CC2)n1. The van der Waals surface area contributed by atoms with Crippen LogP contribution in [0.25, 0.3) is 0 Å². The van der Waals surface area contributed by atoms with Crippen LogP contribution in [-0.2, 0) is 6.42 Å². The predicted octanol–water partition coefficient (Wildman–Crippen LogP) is 3.81. The fraction of sp³-hybridized carbons (Fsp3) is 0.292. The second-order valence-electron chi connectivity index (χ2n) is 7.71. The van der Waals surface area contributed by atoms with Crippen LogP contribution in [-0.4, -0.2) is 53.4 Å². The normalized spacial score (nSPS) is 14.9. The molecule has 0 spiro atoms. The van der Waals surface area contributed by atoms with Gasteiger partial charge >= 0.3 is 0 Å². The first kappa shape index (κ1) is 21.5. The zero-order valence-electron chi connectivity index (χ0n) is 17.4. The topological polar surface area (TPSA) is 75.3 Å². The van der Waals surface area contributed by atoms with E-state index in [2.05, 4.69) is 66.0 Å². The highest BCUT2D eigenvalue weighted by atomic mass is 79.9. The number of hydrogen-bond donors (Lipinski definition) is 1. The number of aromatic nitrogens is 2. The lowest BCUT2D eigenvalue weighted by molar-refractivity contribution is 0.103. The Bertz CT molecular complexity index is 1040. The zero-order valence-corrected chi connectivity index (χ0v) is 19.0. The Morgan fingerprint density at radius 3 is 2.71 bits per heavy atom. The molecule has 0 aliphatic carbocycles. The number of hydrogen-bond acceptors (Lipinski definition) is 6. The molecular formula is C24H26BrN5O. The number of halogens is 1. The molecule has 1 aliphatic rings. The van der Waals surface area contributed by atoms with E-state index in [1.165, 1.54) is 5.56 Å². The van der Waals surface area contributed by atoms with Gasteiger partial charge in [-0.25, -0.2) is 9.97 Å². The van der Waals surface area contributed by atoms with Gasteiger partial charge in [-0.05, 0) is 59.1 Å². The van der Waals surface area contributed by atoms with Crippen molar-refractivity contribution in [2.75, 3.05) is 43.4 Å². The van der Waals surface area contributed by atoms with E-state index in [1.807, 2.05) is 12.1 Å². The molecule has 0 bridgehead atoms. The molecule has 0 radical (unpaired) electrons. The number of nitrogens with zero attached hydrogens (tertiary/aromatic N) is 4. The number of anilines is 2. The Hall–Kier alpha value is -2.77. The first-order valence-electron chi connectivity index (χ1n) is 10.5. The summed E-state index contributed by atoms with van der Waals surface area (Å²) in [5.41, 5.74) is 8.04. The number of carbonyl (C=O) groups is 1. The summed E-state index contributed by atoms with van der Waals surface area (Å²) in [6, 6.07) is 17.9. The van der Waals surface area contributed by atoms with Gasteiger partial charge in [0.25, 0.3) is 0 Å². The van der Waals surface area contributed by atoms with Gasteiger partial charge in [0.2, 0.25) is 5.78 Å². The van der Waals surface area contributed by atoms with E-state index >= 15 is 0 Å². The molecule has 7 heteroatoms. The quantitative estimate of drug-likeness (QED) is 0.541. The number of pyridine rings is 2. The van der Waals surface area contributed by atoms with Crippen molar-refractivity contribution in [1.29, 1.82) is 0 Å². The van der Waals surface area contributed by atoms with E-state index in [1.54, 1.807) is 18.3 Å². The molecule has 2 N–H and O–H groups in total.